The summed E-state index contributed by atoms with van der Waals surface area (Å²) in [6.07, 6.45) is 13.5. The molecule has 1 heteroatoms. The largest absolute Gasteiger partial charge is 0.299 e. The Bertz CT molecular complexity index is 309. The van der Waals surface area contributed by atoms with Crippen molar-refractivity contribution < 1.29 is 4.79 Å². The second-order valence-electron chi connectivity index (χ2n) is 6.81. The Labute approximate surface area is 105 Å². The molecule has 3 aliphatic rings. The number of rotatable bonds is 1. The van der Waals surface area contributed by atoms with Crippen LogP contribution in [0, 0.1) is 23.2 Å². The van der Waals surface area contributed by atoms with Crippen LogP contribution in [0.3, 0.4) is 0 Å². The van der Waals surface area contributed by atoms with Gasteiger partial charge in [-0.2, -0.15) is 0 Å². The van der Waals surface area contributed by atoms with Gasteiger partial charge in [0, 0.05) is 5.41 Å². The van der Waals surface area contributed by atoms with Gasteiger partial charge in [-0.3, -0.25) is 4.79 Å². The molecule has 3 aliphatic carbocycles. The van der Waals surface area contributed by atoms with Gasteiger partial charge in [-0.15, -0.1) is 0 Å². The minimum atomic E-state index is 0.122. The first-order valence-electron chi connectivity index (χ1n) is 7.75. The molecule has 0 heterocycles. The van der Waals surface area contributed by atoms with Gasteiger partial charge in [-0.1, -0.05) is 32.1 Å². The number of fused-ring (bicyclic) bond motifs is 3. The van der Waals surface area contributed by atoms with E-state index < -0.39 is 0 Å². The summed E-state index contributed by atoms with van der Waals surface area (Å²) in [5.41, 5.74) is 0.122. The lowest BCUT2D eigenvalue weighted by Crippen LogP contribution is -2.49. The van der Waals surface area contributed by atoms with Crippen LogP contribution in [0.5, 0.6) is 0 Å². The lowest BCUT2D eigenvalue weighted by Gasteiger charge is -2.54. The number of carbonyl (C=O) groups excluding carboxylic acids is 1. The highest BCUT2D eigenvalue weighted by atomic mass is 16.1. The topological polar surface area (TPSA) is 17.1 Å². The van der Waals surface area contributed by atoms with E-state index in [1.54, 1.807) is 0 Å². The minimum Gasteiger partial charge on any atom is -0.299 e. The molecule has 17 heavy (non-hydrogen) atoms. The number of Topliss-reactive ketones (excluding diaryl/α,β-unsaturated/α-hetero) is 1. The lowest BCUT2D eigenvalue weighted by molar-refractivity contribution is -0.141. The molecule has 0 amide bonds. The Kier molecular flexibility index (Phi) is 3.04. The molecule has 0 aromatic rings. The SMILES string of the molecule is CC(=O)C12CCCCC1C1CCCCC1CC2. The highest BCUT2D eigenvalue weighted by Gasteiger charge is 2.52. The van der Waals surface area contributed by atoms with Crippen LogP contribution in [-0.2, 0) is 4.79 Å². The zero-order valence-electron chi connectivity index (χ0n) is 11.2. The molecule has 0 bridgehead atoms. The third-order valence-electron chi connectivity index (χ3n) is 6.24. The van der Waals surface area contributed by atoms with E-state index in [1.807, 2.05) is 6.92 Å². The molecule has 96 valence electrons. The van der Waals surface area contributed by atoms with Crippen molar-refractivity contribution in [3.63, 3.8) is 0 Å². The molecule has 3 saturated carbocycles. The van der Waals surface area contributed by atoms with Crippen molar-refractivity contribution in [2.45, 2.75) is 71.1 Å². The second kappa shape index (κ2) is 4.40. The summed E-state index contributed by atoms with van der Waals surface area (Å²) >= 11 is 0. The van der Waals surface area contributed by atoms with E-state index in [2.05, 4.69) is 0 Å². The summed E-state index contributed by atoms with van der Waals surface area (Å²) in [4.78, 5) is 12.2. The van der Waals surface area contributed by atoms with Crippen LogP contribution in [0.25, 0.3) is 0 Å². The Hall–Kier alpha value is -0.330. The zero-order valence-corrected chi connectivity index (χ0v) is 11.2. The van der Waals surface area contributed by atoms with E-state index in [4.69, 9.17) is 0 Å². The first-order valence-corrected chi connectivity index (χ1v) is 7.75. The van der Waals surface area contributed by atoms with Crippen LogP contribution in [0.2, 0.25) is 0 Å². The van der Waals surface area contributed by atoms with Crippen molar-refractivity contribution in [2.24, 2.45) is 23.2 Å². The molecule has 0 N–H and O–H groups in total. The summed E-state index contributed by atoms with van der Waals surface area (Å²) < 4.78 is 0. The van der Waals surface area contributed by atoms with Crippen molar-refractivity contribution in [1.82, 2.24) is 0 Å². The fraction of sp³-hybridized carbons (Fsp3) is 0.938. The molecule has 0 radical (unpaired) electrons. The van der Waals surface area contributed by atoms with Gasteiger partial charge in [0.05, 0.1) is 0 Å². The molecular weight excluding hydrogens is 208 g/mol. The predicted molar refractivity (Wildman–Crippen MR) is 69.8 cm³/mol. The predicted octanol–water partition coefficient (Wildman–Crippen LogP) is 4.35. The molecular formula is C16H26O. The molecule has 1 nitrogen and oxygen atoms in total. The molecule has 0 aromatic heterocycles. The van der Waals surface area contributed by atoms with Crippen LogP contribution in [-0.4, -0.2) is 5.78 Å². The van der Waals surface area contributed by atoms with E-state index in [0.29, 0.717) is 5.78 Å². The number of ketones is 1. The summed E-state index contributed by atoms with van der Waals surface area (Å²) in [6, 6.07) is 0. The number of hydrogen-bond acceptors (Lipinski definition) is 1. The maximum absolute atomic E-state index is 12.2. The normalized spacial score (nSPS) is 45.8. The Balaban J connectivity index is 1.89. The van der Waals surface area contributed by atoms with Gasteiger partial charge in [0.15, 0.2) is 0 Å². The first-order chi connectivity index (χ1) is 8.24. The highest BCUT2D eigenvalue weighted by Crippen LogP contribution is 2.58. The van der Waals surface area contributed by atoms with Crippen LogP contribution < -0.4 is 0 Å². The van der Waals surface area contributed by atoms with Gasteiger partial charge in [0.1, 0.15) is 5.78 Å². The monoisotopic (exact) mass is 234 g/mol. The van der Waals surface area contributed by atoms with Crippen molar-refractivity contribution in [3.05, 3.63) is 0 Å². The van der Waals surface area contributed by atoms with E-state index >= 15 is 0 Å². The third-order valence-corrected chi connectivity index (χ3v) is 6.24. The number of carbonyl (C=O) groups is 1. The average molecular weight is 234 g/mol. The summed E-state index contributed by atoms with van der Waals surface area (Å²) in [7, 11) is 0. The zero-order chi connectivity index (χ0) is 11.9. The highest BCUT2D eigenvalue weighted by molar-refractivity contribution is 5.83. The molecule has 4 unspecified atom stereocenters. The van der Waals surface area contributed by atoms with Crippen molar-refractivity contribution in [1.29, 1.82) is 0 Å². The van der Waals surface area contributed by atoms with E-state index in [0.717, 1.165) is 17.8 Å². The Morgan fingerprint density at radius 3 is 2.53 bits per heavy atom. The Morgan fingerprint density at radius 1 is 0.941 bits per heavy atom. The maximum Gasteiger partial charge on any atom is 0.136 e. The maximum atomic E-state index is 12.2. The second-order valence-corrected chi connectivity index (χ2v) is 6.81. The fourth-order valence-corrected chi connectivity index (χ4v) is 5.38. The van der Waals surface area contributed by atoms with E-state index in [-0.39, 0.29) is 5.41 Å². The van der Waals surface area contributed by atoms with Gasteiger partial charge in [-0.25, -0.2) is 0 Å². The van der Waals surface area contributed by atoms with Gasteiger partial charge in [-0.05, 0) is 56.8 Å². The van der Waals surface area contributed by atoms with E-state index in [9.17, 15) is 4.79 Å². The fourth-order valence-electron chi connectivity index (χ4n) is 5.38. The van der Waals surface area contributed by atoms with Crippen LogP contribution in [0.4, 0.5) is 0 Å². The summed E-state index contributed by atoms with van der Waals surface area (Å²) in [6.45, 7) is 1.88. The number of hydrogen-bond donors (Lipinski definition) is 0. The van der Waals surface area contributed by atoms with Crippen LogP contribution >= 0.6 is 0 Å². The van der Waals surface area contributed by atoms with Crippen molar-refractivity contribution >= 4 is 5.78 Å². The smallest absolute Gasteiger partial charge is 0.136 e. The van der Waals surface area contributed by atoms with Crippen molar-refractivity contribution in [3.8, 4) is 0 Å². The molecule has 0 aliphatic heterocycles. The van der Waals surface area contributed by atoms with Gasteiger partial charge >= 0.3 is 0 Å². The lowest BCUT2D eigenvalue weighted by atomic mass is 9.50. The first kappa shape index (κ1) is 11.7. The van der Waals surface area contributed by atoms with Gasteiger partial charge in [0.25, 0.3) is 0 Å². The molecule has 0 saturated heterocycles. The van der Waals surface area contributed by atoms with Gasteiger partial charge in [0.2, 0.25) is 0 Å². The standard InChI is InChI=1S/C16H26O/c1-12(17)16-10-5-4-8-15(16)14-7-3-2-6-13(14)9-11-16/h13-15H,2-11H2,1H3. The van der Waals surface area contributed by atoms with Crippen LogP contribution in [0.1, 0.15) is 71.1 Å². The minimum absolute atomic E-state index is 0.122. The quantitative estimate of drug-likeness (QED) is 0.659. The molecule has 3 rings (SSSR count). The molecule has 0 spiro atoms. The summed E-state index contributed by atoms with van der Waals surface area (Å²) in [5.74, 6) is 3.15. The third kappa shape index (κ3) is 1.77. The molecule has 0 aromatic carbocycles. The molecule has 3 fully saturated rings. The van der Waals surface area contributed by atoms with Gasteiger partial charge < -0.3 is 0 Å². The van der Waals surface area contributed by atoms with Crippen molar-refractivity contribution in [2.75, 3.05) is 0 Å². The summed E-state index contributed by atoms with van der Waals surface area (Å²) in [5, 5.41) is 0. The van der Waals surface area contributed by atoms with Crippen LogP contribution in [0.15, 0.2) is 0 Å². The average Bonchev–Trinajstić information content (AvgIpc) is 2.38. The Morgan fingerprint density at radius 2 is 1.71 bits per heavy atom. The molecule has 4 atom stereocenters. The van der Waals surface area contributed by atoms with E-state index in [1.165, 1.54) is 64.2 Å².